The molecule has 1 aromatic rings. The molecule has 0 aliphatic carbocycles. The molecule has 0 amide bonds. The van der Waals surface area contributed by atoms with Crippen LogP contribution in [0.15, 0.2) is 24.3 Å². The molecule has 0 aliphatic rings. The Kier molecular flexibility index (Phi) is 5.20. The van der Waals surface area contributed by atoms with E-state index in [-0.39, 0.29) is 5.78 Å². The first-order valence-corrected chi connectivity index (χ1v) is 5.77. The van der Waals surface area contributed by atoms with Crippen molar-refractivity contribution in [1.82, 2.24) is 0 Å². The van der Waals surface area contributed by atoms with Gasteiger partial charge in [0, 0.05) is 25.7 Å². The molecule has 0 spiro atoms. The smallest absolute Gasteiger partial charge is 0.162 e. The van der Waals surface area contributed by atoms with E-state index in [0.29, 0.717) is 18.9 Å². The lowest BCUT2D eigenvalue weighted by atomic mass is 9.99. The summed E-state index contributed by atoms with van der Waals surface area (Å²) in [5, 5.41) is 0. The van der Waals surface area contributed by atoms with Gasteiger partial charge in [-0.3, -0.25) is 4.79 Å². The van der Waals surface area contributed by atoms with Crippen molar-refractivity contribution >= 4 is 5.78 Å². The van der Waals surface area contributed by atoms with E-state index in [1.807, 2.05) is 24.3 Å². The first-order chi connectivity index (χ1) is 7.65. The van der Waals surface area contributed by atoms with Crippen LogP contribution in [0.2, 0.25) is 0 Å². The zero-order valence-corrected chi connectivity index (χ0v) is 10.3. The summed E-state index contributed by atoms with van der Waals surface area (Å²) in [6, 6.07) is 7.91. The number of hydrogen-bond acceptors (Lipinski definition) is 2. The zero-order valence-electron chi connectivity index (χ0n) is 10.3. The first kappa shape index (κ1) is 12.9. The Hall–Kier alpha value is -1.15. The van der Waals surface area contributed by atoms with E-state index in [1.54, 1.807) is 7.11 Å². The van der Waals surface area contributed by atoms with Crippen LogP contribution >= 0.6 is 0 Å². The Morgan fingerprint density at radius 2 is 1.88 bits per heavy atom. The summed E-state index contributed by atoms with van der Waals surface area (Å²) in [5.41, 5.74) is 2.08. The van der Waals surface area contributed by atoms with Gasteiger partial charge in [0.05, 0.1) is 0 Å². The van der Waals surface area contributed by atoms with Crippen molar-refractivity contribution in [2.75, 3.05) is 13.7 Å². The Bertz CT molecular complexity index is 325. The van der Waals surface area contributed by atoms with Crippen molar-refractivity contribution in [3.8, 4) is 0 Å². The van der Waals surface area contributed by atoms with Crippen LogP contribution in [-0.2, 0) is 4.74 Å². The third-order valence-electron chi connectivity index (χ3n) is 2.65. The van der Waals surface area contributed by atoms with Crippen LogP contribution < -0.4 is 0 Å². The molecule has 0 aromatic heterocycles. The molecule has 16 heavy (non-hydrogen) atoms. The van der Waals surface area contributed by atoms with Gasteiger partial charge in [-0.15, -0.1) is 0 Å². The van der Waals surface area contributed by atoms with Gasteiger partial charge in [0.25, 0.3) is 0 Å². The van der Waals surface area contributed by atoms with Gasteiger partial charge in [0.1, 0.15) is 0 Å². The molecule has 0 heterocycles. The summed E-state index contributed by atoms with van der Waals surface area (Å²) in [5.74, 6) is 0.713. The summed E-state index contributed by atoms with van der Waals surface area (Å²) in [4.78, 5) is 11.7. The maximum atomic E-state index is 11.7. The first-order valence-electron chi connectivity index (χ1n) is 5.77. The topological polar surface area (TPSA) is 26.3 Å². The number of rotatable bonds is 6. The van der Waals surface area contributed by atoms with E-state index in [9.17, 15) is 4.79 Å². The Morgan fingerprint density at radius 1 is 1.25 bits per heavy atom. The highest BCUT2D eigenvalue weighted by Gasteiger charge is 2.06. The van der Waals surface area contributed by atoms with Gasteiger partial charge in [-0.1, -0.05) is 38.1 Å². The number of carbonyl (C=O) groups is 1. The number of benzene rings is 1. The summed E-state index contributed by atoms with van der Waals surface area (Å²) >= 11 is 0. The third-order valence-corrected chi connectivity index (χ3v) is 2.65. The Labute approximate surface area is 97.6 Å². The van der Waals surface area contributed by atoms with Crippen LogP contribution in [0.4, 0.5) is 0 Å². The minimum Gasteiger partial charge on any atom is -0.385 e. The van der Waals surface area contributed by atoms with Crippen LogP contribution in [0.1, 0.15) is 48.5 Å². The van der Waals surface area contributed by atoms with Crippen molar-refractivity contribution in [2.24, 2.45) is 0 Å². The largest absolute Gasteiger partial charge is 0.385 e. The fourth-order valence-electron chi connectivity index (χ4n) is 1.58. The van der Waals surface area contributed by atoms with Gasteiger partial charge in [0.15, 0.2) is 5.78 Å². The standard InChI is InChI=1S/C14H20O2/c1-11(2)12-6-8-13(9-7-12)14(15)5-4-10-16-3/h6-9,11H,4-5,10H2,1-3H3. The monoisotopic (exact) mass is 220 g/mol. The lowest BCUT2D eigenvalue weighted by molar-refractivity contribution is 0.0963. The second-order valence-corrected chi connectivity index (χ2v) is 4.30. The maximum Gasteiger partial charge on any atom is 0.162 e. The molecule has 0 radical (unpaired) electrons. The maximum absolute atomic E-state index is 11.7. The van der Waals surface area contributed by atoms with Crippen molar-refractivity contribution in [2.45, 2.75) is 32.6 Å². The Balaban J connectivity index is 2.56. The average molecular weight is 220 g/mol. The number of ketones is 1. The summed E-state index contributed by atoms with van der Waals surface area (Å²) in [6.07, 6.45) is 1.36. The highest BCUT2D eigenvalue weighted by atomic mass is 16.5. The van der Waals surface area contributed by atoms with Crippen LogP contribution in [0.25, 0.3) is 0 Å². The highest BCUT2D eigenvalue weighted by molar-refractivity contribution is 5.96. The molecule has 1 rings (SSSR count). The number of ether oxygens (including phenoxy) is 1. The van der Waals surface area contributed by atoms with Crippen LogP contribution in [0, 0.1) is 0 Å². The van der Waals surface area contributed by atoms with Crippen molar-refractivity contribution in [3.63, 3.8) is 0 Å². The predicted octanol–water partition coefficient (Wildman–Crippen LogP) is 3.42. The van der Waals surface area contributed by atoms with Gasteiger partial charge >= 0.3 is 0 Å². The normalized spacial score (nSPS) is 10.8. The van der Waals surface area contributed by atoms with Crippen LogP contribution in [-0.4, -0.2) is 19.5 Å². The van der Waals surface area contributed by atoms with E-state index in [2.05, 4.69) is 13.8 Å². The van der Waals surface area contributed by atoms with E-state index in [1.165, 1.54) is 5.56 Å². The molecule has 88 valence electrons. The van der Waals surface area contributed by atoms with Crippen LogP contribution in [0.3, 0.4) is 0 Å². The van der Waals surface area contributed by atoms with Gasteiger partial charge in [0.2, 0.25) is 0 Å². The molecule has 0 fully saturated rings. The minimum absolute atomic E-state index is 0.201. The fraction of sp³-hybridized carbons (Fsp3) is 0.500. The zero-order chi connectivity index (χ0) is 12.0. The van der Waals surface area contributed by atoms with Gasteiger partial charge in [-0.2, -0.15) is 0 Å². The average Bonchev–Trinajstić information content (AvgIpc) is 2.29. The summed E-state index contributed by atoms with van der Waals surface area (Å²) in [7, 11) is 1.65. The van der Waals surface area contributed by atoms with E-state index in [0.717, 1.165) is 12.0 Å². The summed E-state index contributed by atoms with van der Waals surface area (Å²) < 4.78 is 4.93. The number of hydrogen-bond donors (Lipinski definition) is 0. The van der Waals surface area contributed by atoms with Crippen molar-refractivity contribution in [3.05, 3.63) is 35.4 Å². The highest BCUT2D eigenvalue weighted by Crippen LogP contribution is 2.15. The van der Waals surface area contributed by atoms with Crippen molar-refractivity contribution < 1.29 is 9.53 Å². The number of carbonyl (C=O) groups excluding carboxylic acids is 1. The van der Waals surface area contributed by atoms with Gasteiger partial charge in [-0.05, 0) is 17.9 Å². The molecule has 2 nitrogen and oxygen atoms in total. The van der Waals surface area contributed by atoms with E-state index < -0.39 is 0 Å². The molecular weight excluding hydrogens is 200 g/mol. The molecule has 0 saturated heterocycles. The SMILES string of the molecule is COCCCC(=O)c1ccc(C(C)C)cc1. The third kappa shape index (κ3) is 3.78. The predicted molar refractivity (Wildman–Crippen MR) is 66.0 cm³/mol. The fourth-order valence-corrected chi connectivity index (χ4v) is 1.58. The second-order valence-electron chi connectivity index (χ2n) is 4.30. The molecule has 0 aliphatic heterocycles. The lowest BCUT2D eigenvalue weighted by Gasteiger charge is -2.06. The van der Waals surface area contributed by atoms with E-state index >= 15 is 0 Å². The molecule has 0 saturated carbocycles. The molecule has 2 heteroatoms. The number of methoxy groups -OCH3 is 1. The lowest BCUT2D eigenvalue weighted by Crippen LogP contribution is -2.01. The molecule has 0 atom stereocenters. The van der Waals surface area contributed by atoms with Gasteiger partial charge < -0.3 is 4.74 Å². The second kappa shape index (κ2) is 6.44. The molecular formula is C14H20O2. The van der Waals surface area contributed by atoms with Gasteiger partial charge in [-0.25, -0.2) is 0 Å². The summed E-state index contributed by atoms with van der Waals surface area (Å²) in [6.45, 7) is 4.95. The number of Topliss-reactive ketones (excluding diaryl/α,β-unsaturated/α-hetero) is 1. The van der Waals surface area contributed by atoms with Crippen molar-refractivity contribution in [1.29, 1.82) is 0 Å². The Morgan fingerprint density at radius 3 is 2.38 bits per heavy atom. The minimum atomic E-state index is 0.201. The molecule has 0 unspecified atom stereocenters. The quantitative estimate of drug-likeness (QED) is 0.542. The molecule has 0 N–H and O–H groups in total. The molecule has 0 bridgehead atoms. The van der Waals surface area contributed by atoms with Crippen LogP contribution in [0.5, 0.6) is 0 Å². The van der Waals surface area contributed by atoms with E-state index in [4.69, 9.17) is 4.74 Å². The molecule has 1 aromatic carbocycles.